The minimum absolute atomic E-state index is 0.0393. The van der Waals surface area contributed by atoms with Gasteiger partial charge in [0.2, 0.25) is 29.5 Å². The first-order valence-electron chi connectivity index (χ1n) is 9.48. The van der Waals surface area contributed by atoms with Crippen LogP contribution in [-0.2, 0) is 24.0 Å². The molecule has 7 N–H and O–H groups in total. The molecule has 11 nitrogen and oxygen atoms in total. The molecule has 0 saturated carbocycles. The highest BCUT2D eigenvalue weighted by Gasteiger charge is 2.44. The second kappa shape index (κ2) is 10.2. The number of nitrogens with one attached hydrogen (secondary N) is 3. The van der Waals surface area contributed by atoms with Gasteiger partial charge in [0.05, 0.1) is 6.54 Å². The van der Waals surface area contributed by atoms with Crippen molar-refractivity contribution in [2.45, 2.75) is 58.2 Å². The van der Waals surface area contributed by atoms with Gasteiger partial charge in [-0.1, -0.05) is 20.8 Å². The average molecular weight is 412 g/mol. The van der Waals surface area contributed by atoms with E-state index in [0.717, 1.165) is 0 Å². The van der Waals surface area contributed by atoms with Crippen LogP contribution >= 0.6 is 0 Å². The second-order valence-electron chi connectivity index (χ2n) is 8.27. The van der Waals surface area contributed by atoms with Gasteiger partial charge in [0, 0.05) is 25.4 Å². The van der Waals surface area contributed by atoms with E-state index in [9.17, 15) is 24.0 Å². The summed E-state index contributed by atoms with van der Waals surface area (Å²) in [6.45, 7) is 5.51. The smallest absolute Gasteiger partial charge is 0.246 e. The largest absolute Gasteiger partial charge is 0.370 e. The molecule has 0 radical (unpaired) electrons. The van der Waals surface area contributed by atoms with E-state index in [2.05, 4.69) is 16.0 Å². The minimum Gasteiger partial charge on any atom is -0.370 e. The average Bonchev–Trinajstić information content (AvgIpc) is 3.00. The summed E-state index contributed by atoms with van der Waals surface area (Å²) in [5, 5.41) is 8.11. The highest BCUT2D eigenvalue weighted by atomic mass is 16.2. The Bertz CT molecular complexity index is 660. The number of carbonyl (C=O) groups is 5. The Morgan fingerprint density at radius 2 is 1.69 bits per heavy atom. The molecule has 1 rings (SSSR count). The Morgan fingerprint density at radius 1 is 1.07 bits per heavy atom. The summed E-state index contributed by atoms with van der Waals surface area (Å²) in [6, 6.07) is -2.28. The Kier molecular flexibility index (Phi) is 8.56. The van der Waals surface area contributed by atoms with Crippen LogP contribution < -0.4 is 27.4 Å². The molecule has 0 aromatic rings. The molecule has 164 valence electrons. The van der Waals surface area contributed by atoms with Crippen LogP contribution in [0.5, 0.6) is 0 Å². The molecule has 0 spiro atoms. The lowest BCUT2D eigenvalue weighted by atomic mass is 9.85. The normalized spacial score (nSPS) is 20.1. The van der Waals surface area contributed by atoms with Crippen LogP contribution in [-0.4, -0.2) is 72.7 Å². The van der Waals surface area contributed by atoms with E-state index in [0.29, 0.717) is 0 Å². The molecular weight excluding hydrogens is 380 g/mol. The van der Waals surface area contributed by atoms with Crippen molar-refractivity contribution in [1.82, 2.24) is 20.9 Å². The van der Waals surface area contributed by atoms with Gasteiger partial charge < -0.3 is 32.3 Å². The van der Waals surface area contributed by atoms with Gasteiger partial charge in [-0.25, -0.2) is 0 Å². The topological polar surface area (TPSA) is 177 Å². The number of likely N-dealkylation sites (N-methyl/N-ethyl adjacent to an activating group) is 1. The summed E-state index contributed by atoms with van der Waals surface area (Å²) < 4.78 is 0. The van der Waals surface area contributed by atoms with Gasteiger partial charge in [-0.15, -0.1) is 0 Å². The van der Waals surface area contributed by atoms with Crippen molar-refractivity contribution in [3.05, 3.63) is 0 Å². The molecule has 29 heavy (non-hydrogen) atoms. The predicted molar refractivity (Wildman–Crippen MR) is 105 cm³/mol. The zero-order valence-corrected chi connectivity index (χ0v) is 17.4. The molecule has 1 aliphatic heterocycles. The Labute approximate surface area is 170 Å². The summed E-state index contributed by atoms with van der Waals surface area (Å²) in [5.41, 5.74) is 9.89. The highest BCUT2D eigenvalue weighted by Crippen LogP contribution is 2.26. The summed E-state index contributed by atoms with van der Waals surface area (Å²) in [5.74, 6) is -2.49. The molecule has 1 heterocycles. The lowest BCUT2D eigenvalue weighted by Crippen LogP contribution is -2.58. The summed E-state index contributed by atoms with van der Waals surface area (Å²) in [7, 11) is 1.61. The molecule has 1 fully saturated rings. The molecule has 1 aliphatic rings. The van der Waals surface area contributed by atoms with Crippen molar-refractivity contribution in [3.63, 3.8) is 0 Å². The SMILES string of the molecule is CNCC(=O)NC(C(=O)N1CC(NC(=O)CCC(N)=O)CC1C(N)=O)C(C)(C)C. The van der Waals surface area contributed by atoms with Crippen molar-refractivity contribution >= 4 is 29.5 Å². The third-order valence-electron chi connectivity index (χ3n) is 4.63. The number of likely N-dealkylation sites (tertiary alicyclic amines) is 1. The van der Waals surface area contributed by atoms with E-state index in [1.807, 2.05) is 0 Å². The fraction of sp³-hybridized carbons (Fsp3) is 0.722. The van der Waals surface area contributed by atoms with E-state index in [-0.39, 0.29) is 38.3 Å². The number of primary amides is 2. The van der Waals surface area contributed by atoms with Gasteiger partial charge in [-0.3, -0.25) is 24.0 Å². The third-order valence-corrected chi connectivity index (χ3v) is 4.63. The molecule has 0 aromatic carbocycles. The van der Waals surface area contributed by atoms with Crippen molar-refractivity contribution in [1.29, 1.82) is 0 Å². The number of rotatable bonds is 9. The number of nitrogens with two attached hydrogens (primary N) is 2. The molecule has 0 bridgehead atoms. The molecular formula is C18H32N6O5. The zero-order valence-electron chi connectivity index (χ0n) is 17.4. The fourth-order valence-electron chi connectivity index (χ4n) is 3.18. The number of amides is 5. The minimum atomic E-state index is -0.907. The Hall–Kier alpha value is -2.69. The standard InChI is InChI=1S/C18H32N6O5/c1-18(2,3)15(23-14(27)8-21-4)17(29)24-9-10(7-11(24)16(20)28)22-13(26)6-5-12(19)25/h10-11,15,21H,5-9H2,1-4H3,(H2,19,25)(H2,20,28)(H,22,26)(H,23,27). The molecule has 3 atom stereocenters. The second-order valence-corrected chi connectivity index (χ2v) is 8.27. The number of carbonyl (C=O) groups excluding carboxylic acids is 5. The van der Waals surface area contributed by atoms with Crippen LogP contribution in [0.3, 0.4) is 0 Å². The monoisotopic (exact) mass is 412 g/mol. The summed E-state index contributed by atoms with van der Waals surface area (Å²) in [6.07, 6.45) is -0.0134. The molecule has 0 aliphatic carbocycles. The van der Waals surface area contributed by atoms with Gasteiger partial charge in [0.1, 0.15) is 12.1 Å². The lowest BCUT2D eigenvalue weighted by molar-refractivity contribution is -0.143. The molecule has 1 saturated heterocycles. The number of hydrogen-bond donors (Lipinski definition) is 5. The predicted octanol–water partition coefficient (Wildman–Crippen LogP) is -2.43. The maximum Gasteiger partial charge on any atom is 0.246 e. The van der Waals surface area contributed by atoms with Gasteiger partial charge in [-0.05, 0) is 18.9 Å². The molecule has 5 amide bonds. The van der Waals surface area contributed by atoms with Crippen molar-refractivity contribution < 1.29 is 24.0 Å². The number of hydrogen-bond acceptors (Lipinski definition) is 6. The van der Waals surface area contributed by atoms with Crippen LogP contribution in [0.15, 0.2) is 0 Å². The number of nitrogens with zero attached hydrogens (tertiary/aromatic N) is 1. The molecule has 11 heteroatoms. The first kappa shape index (κ1) is 24.3. The first-order valence-corrected chi connectivity index (χ1v) is 9.48. The lowest BCUT2D eigenvalue weighted by Gasteiger charge is -2.35. The van der Waals surface area contributed by atoms with Crippen LogP contribution in [0.25, 0.3) is 0 Å². The van der Waals surface area contributed by atoms with E-state index >= 15 is 0 Å². The van der Waals surface area contributed by atoms with E-state index < -0.39 is 47.2 Å². The fourth-order valence-corrected chi connectivity index (χ4v) is 3.18. The van der Waals surface area contributed by atoms with Gasteiger partial charge in [0.25, 0.3) is 0 Å². The van der Waals surface area contributed by atoms with Crippen molar-refractivity contribution in [2.24, 2.45) is 16.9 Å². The van der Waals surface area contributed by atoms with Crippen LogP contribution in [0.1, 0.15) is 40.0 Å². The van der Waals surface area contributed by atoms with E-state index in [4.69, 9.17) is 11.5 Å². The zero-order chi connectivity index (χ0) is 22.4. The summed E-state index contributed by atoms with van der Waals surface area (Å²) >= 11 is 0. The van der Waals surface area contributed by atoms with Crippen LogP contribution in [0, 0.1) is 5.41 Å². The van der Waals surface area contributed by atoms with Gasteiger partial charge >= 0.3 is 0 Å². The first-order chi connectivity index (χ1) is 13.4. The van der Waals surface area contributed by atoms with Crippen LogP contribution in [0.4, 0.5) is 0 Å². The molecule has 0 aromatic heterocycles. The van der Waals surface area contributed by atoms with Crippen molar-refractivity contribution in [3.8, 4) is 0 Å². The Balaban J connectivity index is 2.94. The maximum absolute atomic E-state index is 13.2. The van der Waals surface area contributed by atoms with Crippen LogP contribution in [0.2, 0.25) is 0 Å². The Morgan fingerprint density at radius 3 is 2.17 bits per heavy atom. The quantitative estimate of drug-likeness (QED) is 0.281. The molecule has 3 unspecified atom stereocenters. The third kappa shape index (κ3) is 7.33. The van der Waals surface area contributed by atoms with E-state index in [1.165, 1.54) is 4.90 Å². The highest BCUT2D eigenvalue weighted by molar-refractivity contribution is 5.93. The van der Waals surface area contributed by atoms with E-state index in [1.54, 1.807) is 27.8 Å². The maximum atomic E-state index is 13.2. The van der Waals surface area contributed by atoms with Gasteiger partial charge in [-0.2, -0.15) is 0 Å². The summed E-state index contributed by atoms with van der Waals surface area (Å²) in [4.78, 5) is 61.2. The van der Waals surface area contributed by atoms with Crippen molar-refractivity contribution in [2.75, 3.05) is 20.1 Å². The van der Waals surface area contributed by atoms with Gasteiger partial charge in [0.15, 0.2) is 0 Å².